The number of ether oxygens (including phenoxy) is 1. The number of aliphatic hydroxyl groups excluding tert-OH is 1. The second-order valence-electron chi connectivity index (χ2n) is 1.91. The lowest BCUT2D eigenvalue weighted by Gasteiger charge is -1.88. The van der Waals surface area contributed by atoms with E-state index in [0.717, 1.165) is 13.2 Å². The molecule has 0 aliphatic heterocycles. The van der Waals surface area contributed by atoms with E-state index in [1.54, 1.807) is 0 Å². The molecule has 3 N–H and O–H groups in total. The first-order valence-corrected chi connectivity index (χ1v) is 3.76. The Balaban J connectivity index is 0. The Morgan fingerprint density at radius 1 is 1.50 bits per heavy atom. The van der Waals surface area contributed by atoms with Crippen molar-refractivity contribution in [3.8, 4) is 0 Å². The fraction of sp³-hybridized carbons (Fsp3) is 0.625. The lowest BCUT2D eigenvalue weighted by atomic mass is 10.3. The highest BCUT2D eigenvalue weighted by Crippen LogP contribution is 1.80. The van der Waals surface area contributed by atoms with Gasteiger partial charge in [-0.05, 0) is 13.8 Å². The summed E-state index contributed by atoms with van der Waals surface area (Å²) >= 11 is 0. The monoisotopic (exact) mass is 175 g/mol. The molecule has 0 rings (SSSR count). The number of amides is 1. The van der Waals surface area contributed by atoms with Gasteiger partial charge in [0.25, 0.3) is 0 Å². The first-order valence-electron chi connectivity index (χ1n) is 3.76. The van der Waals surface area contributed by atoms with Crippen LogP contribution in [-0.4, -0.2) is 30.8 Å². The maximum Gasteiger partial charge on any atom is 0.246 e. The summed E-state index contributed by atoms with van der Waals surface area (Å²) in [6.07, 6.45) is 0. The Morgan fingerprint density at radius 2 is 1.92 bits per heavy atom. The molecule has 0 spiro atoms. The Hall–Kier alpha value is -0.870. The van der Waals surface area contributed by atoms with Gasteiger partial charge >= 0.3 is 0 Å². The van der Waals surface area contributed by atoms with Crippen LogP contribution in [0.2, 0.25) is 0 Å². The predicted molar refractivity (Wildman–Crippen MR) is 47.6 cm³/mol. The first-order chi connectivity index (χ1) is 5.59. The number of rotatable bonds is 4. The maximum absolute atomic E-state index is 9.89. The molecule has 0 aliphatic carbocycles. The third kappa shape index (κ3) is 11.9. The average molecular weight is 175 g/mol. The zero-order valence-electron chi connectivity index (χ0n) is 7.67. The van der Waals surface area contributed by atoms with Gasteiger partial charge in [-0.25, -0.2) is 0 Å². The molecule has 0 radical (unpaired) electrons. The van der Waals surface area contributed by atoms with E-state index < -0.39 is 5.91 Å². The molecule has 0 fully saturated rings. The molecule has 1 amide bonds. The van der Waals surface area contributed by atoms with Gasteiger partial charge in [0, 0.05) is 18.8 Å². The number of carbonyl (C=O) groups excluding carboxylic acids is 1. The van der Waals surface area contributed by atoms with E-state index >= 15 is 0 Å². The lowest BCUT2D eigenvalue weighted by Crippen LogP contribution is -2.14. The van der Waals surface area contributed by atoms with Crippen LogP contribution in [0.5, 0.6) is 0 Å². The van der Waals surface area contributed by atoms with Crippen LogP contribution in [0.3, 0.4) is 0 Å². The summed E-state index contributed by atoms with van der Waals surface area (Å²) in [6, 6.07) is 0. The van der Waals surface area contributed by atoms with E-state index in [1.807, 2.05) is 13.8 Å². The van der Waals surface area contributed by atoms with E-state index in [0.29, 0.717) is 0 Å². The minimum Gasteiger partial charge on any atom is -0.391 e. The molecule has 4 nitrogen and oxygen atoms in total. The number of carbonyl (C=O) groups is 1. The van der Waals surface area contributed by atoms with Crippen LogP contribution >= 0.6 is 0 Å². The number of aliphatic hydroxyl groups is 1. The summed E-state index contributed by atoms with van der Waals surface area (Å²) in [7, 11) is 0. The Morgan fingerprint density at radius 3 is 1.92 bits per heavy atom. The van der Waals surface area contributed by atoms with Gasteiger partial charge in [-0.2, -0.15) is 0 Å². The summed E-state index contributed by atoms with van der Waals surface area (Å²) in [5.41, 5.74) is 4.69. The standard InChI is InChI=1S/C4H7NO2.C4H10O/c1-3(2-6)4(5)7;1-3-5-4-2/h6H,1-2H2,(H2,5,7);3-4H2,1-2H3. The van der Waals surface area contributed by atoms with Crippen molar-refractivity contribution < 1.29 is 14.6 Å². The second-order valence-corrected chi connectivity index (χ2v) is 1.91. The molecule has 4 heteroatoms. The summed E-state index contributed by atoms with van der Waals surface area (Å²) < 4.78 is 4.83. The van der Waals surface area contributed by atoms with Crippen LogP contribution in [0.1, 0.15) is 13.8 Å². The van der Waals surface area contributed by atoms with Crippen LogP contribution in [-0.2, 0) is 9.53 Å². The summed E-state index contributed by atoms with van der Waals surface area (Å²) in [5, 5.41) is 8.10. The van der Waals surface area contributed by atoms with Crippen molar-refractivity contribution in [3.05, 3.63) is 12.2 Å². The van der Waals surface area contributed by atoms with Crippen LogP contribution in [0, 0.1) is 0 Å². The highest BCUT2D eigenvalue weighted by atomic mass is 16.5. The SMILES string of the molecule is C=C(CO)C(N)=O.CCOCC. The number of hydrogen-bond acceptors (Lipinski definition) is 3. The smallest absolute Gasteiger partial charge is 0.246 e. The van der Waals surface area contributed by atoms with Crippen LogP contribution < -0.4 is 5.73 Å². The van der Waals surface area contributed by atoms with Crippen molar-refractivity contribution in [1.29, 1.82) is 0 Å². The molecule has 0 aromatic rings. The molecule has 0 bridgehead atoms. The topological polar surface area (TPSA) is 72.5 Å². The molecule has 0 heterocycles. The molecule has 0 aromatic heterocycles. The fourth-order valence-corrected chi connectivity index (χ4v) is 0.282. The third-order valence-electron chi connectivity index (χ3n) is 0.948. The summed E-state index contributed by atoms with van der Waals surface area (Å²) in [6.45, 7) is 8.46. The minimum absolute atomic E-state index is 0.0417. The van der Waals surface area contributed by atoms with Gasteiger partial charge in [0.1, 0.15) is 0 Å². The largest absolute Gasteiger partial charge is 0.391 e. The molecule has 72 valence electrons. The molecule has 0 unspecified atom stereocenters. The lowest BCUT2D eigenvalue weighted by molar-refractivity contribution is -0.114. The van der Waals surface area contributed by atoms with Gasteiger partial charge in [-0.3, -0.25) is 4.79 Å². The molecule has 0 atom stereocenters. The van der Waals surface area contributed by atoms with E-state index in [9.17, 15) is 4.79 Å². The molecular weight excluding hydrogens is 158 g/mol. The fourth-order valence-electron chi connectivity index (χ4n) is 0.282. The molecular formula is C8H17NO3. The summed E-state index contributed by atoms with van der Waals surface area (Å²) in [4.78, 5) is 9.89. The van der Waals surface area contributed by atoms with Gasteiger partial charge in [-0.15, -0.1) is 0 Å². The van der Waals surface area contributed by atoms with E-state index in [-0.39, 0.29) is 12.2 Å². The van der Waals surface area contributed by atoms with Crippen molar-refractivity contribution >= 4 is 5.91 Å². The van der Waals surface area contributed by atoms with Gasteiger partial charge in [0.2, 0.25) is 5.91 Å². The van der Waals surface area contributed by atoms with Crippen molar-refractivity contribution in [1.82, 2.24) is 0 Å². The van der Waals surface area contributed by atoms with Gasteiger partial charge in [0.15, 0.2) is 0 Å². The zero-order valence-corrected chi connectivity index (χ0v) is 7.67. The highest BCUT2D eigenvalue weighted by Gasteiger charge is 1.94. The minimum atomic E-state index is -0.650. The van der Waals surface area contributed by atoms with Gasteiger partial charge in [-0.1, -0.05) is 6.58 Å². The van der Waals surface area contributed by atoms with Crippen molar-refractivity contribution in [2.75, 3.05) is 19.8 Å². The van der Waals surface area contributed by atoms with Crippen molar-refractivity contribution in [2.24, 2.45) is 5.73 Å². The second kappa shape index (κ2) is 10.1. The molecule has 0 aromatic carbocycles. The number of hydrogen-bond donors (Lipinski definition) is 2. The third-order valence-corrected chi connectivity index (χ3v) is 0.948. The van der Waals surface area contributed by atoms with E-state index in [1.165, 1.54) is 0 Å². The molecule has 0 saturated heterocycles. The quantitative estimate of drug-likeness (QED) is 0.593. The Labute approximate surface area is 73.0 Å². The number of primary amides is 1. The number of nitrogens with two attached hydrogens (primary N) is 1. The van der Waals surface area contributed by atoms with Crippen LogP contribution in [0.15, 0.2) is 12.2 Å². The van der Waals surface area contributed by atoms with E-state index in [4.69, 9.17) is 9.84 Å². The maximum atomic E-state index is 9.89. The summed E-state index contributed by atoms with van der Waals surface area (Å²) in [5.74, 6) is -0.650. The predicted octanol–water partition coefficient (Wildman–Crippen LogP) is 0.0630. The van der Waals surface area contributed by atoms with Crippen molar-refractivity contribution in [2.45, 2.75) is 13.8 Å². The average Bonchev–Trinajstić information content (AvgIpc) is 2.05. The molecule has 12 heavy (non-hydrogen) atoms. The molecule has 0 saturated carbocycles. The van der Waals surface area contributed by atoms with Crippen LogP contribution in [0.4, 0.5) is 0 Å². The van der Waals surface area contributed by atoms with Gasteiger partial charge < -0.3 is 15.6 Å². The Kier molecular flexibility index (Phi) is 11.6. The normalized spacial score (nSPS) is 8.25. The van der Waals surface area contributed by atoms with Crippen molar-refractivity contribution in [3.63, 3.8) is 0 Å². The first kappa shape index (κ1) is 13.7. The zero-order chi connectivity index (χ0) is 9.98. The highest BCUT2D eigenvalue weighted by molar-refractivity contribution is 5.91. The Bertz CT molecular complexity index is 132. The van der Waals surface area contributed by atoms with Crippen LogP contribution in [0.25, 0.3) is 0 Å². The van der Waals surface area contributed by atoms with Gasteiger partial charge in [0.05, 0.1) is 6.61 Å². The van der Waals surface area contributed by atoms with E-state index in [2.05, 4.69) is 12.3 Å². The molecule has 0 aliphatic rings.